The Morgan fingerprint density at radius 2 is 1.91 bits per heavy atom. The molecule has 4 aromatic rings. The van der Waals surface area contributed by atoms with Crippen LogP contribution < -0.4 is 16.6 Å². The number of hydrogen-bond acceptors (Lipinski definition) is 6. The summed E-state index contributed by atoms with van der Waals surface area (Å²) in [6.07, 6.45) is 0.175. The van der Waals surface area contributed by atoms with Crippen molar-refractivity contribution < 1.29 is 4.79 Å². The molecule has 174 valence electrons. The molecule has 2 aromatic heterocycles. The Kier molecular flexibility index (Phi) is 6.99. The lowest BCUT2D eigenvalue weighted by atomic mass is 10.1. The minimum Gasteiger partial charge on any atom is -0.325 e. The molecule has 0 atom stereocenters. The van der Waals surface area contributed by atoms with E-state index in [9.17, 15) is 14.4 Å². The predicted octanol–water partition coefficient (Wildman–Crippen LogP) is 3.24. The highest BCUT2D eigenvalue weighted by atomic mass is 35.5. The van der Waals surface area contributed by atoms with Crippen LogP contribution in [0.2, 0.25) is 5.02 Å². The standard InChI is InChI=1S/C23H21ClN6O3S/c1-13-6-7-14(2)18(8-13)30-19(10-17-11-20(31)27-22(33)26-17)28-29-23(30)34-12-21(32)25-16-5-3-4-15(24)9-16/h3-9,11H,10,12H2,1-2H3,(H,25,32)(H2,26,27,31,33). The summed E-state index contributed by atoms with van der Waals surface area (Å²) in [6, 6.07) is 14.2. The number of amides is 1. The molecule has 0 radical (unpaired) electrons. The van der Waals surface area contributed by atoms with Gasteiger partial charge in [-0.15, -0.1) is 10.2 Å². The van der Waals surface area contributed by atoms with Gasteiger partial charge in [-0.25, -0.2) is 4.79 Å². The molecule has 3 N–H and O–H groups in total. The SMILES string of the molecule is Cc1ccc(C)c(-n2c(Cc3cc(=O)[nH]c(=O)[nH]3)nnc2SCC(=O)Nc2cccc(Cl)c2)c1. The smallest absolute Gasteiger partial charge is 0.325 e. The van der Waals surface area contributed by atoms with E-state index in [4.69, 9.17) is 11.6 Å². The van der Waals surface area contributed by atoms with E-state index < -0.39 is 11.2 Å². The van der Waals surface area contributed by atoms with Crippen LogP contribution in [-0.2, 0) is 11.2 Å². The number of hydrogen-bond donors (Lipinski definition) is 3. The summed E-state index contributed by atoms with van der Waals surface area (Å²) in [5.74, 6) is 0.396. The van der Waals surface area contributed by atoms with Gasteiger partial charge >= 0.3 is 5.69 Å². The first-order valence-electron chi connectivity index (χ1n) is 10.3. The van der Waals surface area contributed by atoms with E-state index in [-0.39, 0.29) is 18.1 Å². The summed E-state index contributed by atoms with van der Waals surface area (Å²) < 4.78 is 1.85. The molecule has 0 aliphatic carbocycles. The fourth-order valence-corrected chi connectivity index (χ4v) is 4.34. The summed E-state index contributed by atoms with van der Waals surface area (Å²) in [7, 11) is 0. The van der Waals surface area contributed by atoms with Gasteiger partial charge in [0.1, 0.15) is 5.82 Å². The van der Waals surface area contributed by atoms with Crippen molar-refractivity contribution in [1.29, 1.82) is 0 Å². The summed E-state index contributed by atoms with van der Waals surface area (Å²) in [5.41, 5.74) is 2.80. The number of aromatic nitrogens is 5. The van der Waals surface area contributed by atoms with E-state index >= 15 is 0 Å². The van der Waals surface area contributed by atoms with Gasteiger partial charge in [0, 0.05) is 28.9 Å². The molecule has 11 heteroatoms. The zero-order valence-corrected chi connectivity index (χ0v) is 20.0. The number of nitrogens with one attached hydrogen (secondary N) is 3. The molecule has 2 aromatic carbocycles. The van der Waals surface area contributed by atoms with Crippen LogP contribution in [0, 0.1) is 13.8 Å². The third-order valence-corrected chi connectivity index (χ3v) is 6.08. The van der Waals surface area contributed by atoms with Crippen LogP contribution in [-0.4, -0.2) is 36.4 Å². The number of H-pyrrole nitrogens is 2. The van der Waals surface area contributed by atoms with Gasteiger partial charge in [-0.05, 0) is 49.2 Å². The van der Waals surface area contributed by atoms with Crippen LogP contribution in [0.4, 0.5) is 5.69 Å². The van der Waals surface area contributed by atoms with Crippen molar-refractivity contribution >= 4 is 35.0 Å². The maximum absolute atomic E-state index is 12.5. The average Bonchev–Trinajstić information content (AvgIpc) is 3.15. The maximum Gasteiger partial charge on any atom is 0.325 e. The Labute approximate surface area is 203 Å². The number of aromatic amines is 2. The zero-order chi connectivity index (χ0) is 24.2. The number of benzene rings is 2. The molecule has 4 rings (SSSR count). The molecule has 0 fully saturated rings. The lowest BCUT2D eigenvalue weighted by Crippen LogP contribution is -2.23. The highest BCUT2D eigenvalue weighted by molar-refractivity contribution is 7.99. The monoisotopic (exact) mass is 496 g/mol. The van der Waals surface area contributed by atoms with Crippen LogP contribution in [0.15, 0.2) is 63.3 Å². The van der Waals surface area contributed by atoms with Crippen LogP contribution in [0.3, 0.4) is 0 Å². The highest BCUT2D eigenvalue weighted by Gasteiger charge is 2.18. The fourth-order valence-electron chi connectivity index (χ4n) is 3.39. The van der Waals surface area contributed by atoms with Crippen molar-refractivity contribution in [3.8, 4) is 5.69 Å². The van der Waals surface area contributed by atoms with Crippen LogP contribution in [0.25, 0.3) is 5.69 Å². The minimum atomic E-state index is -0.590. The van der Waals surface area contributed by atoms with E-state index in [0.29, 0.717) is 27.4 Å². The first-order chi connectivity index (χ1) is 16.3. The molecule has 0 saturated carbocycles. The van der Waals surface area contributed by atoms with Gasteiger partial charge in [0.25, 0.3) is 5.56 Å². The molecule has 1 amide bonds. The molecule has 9 nitrogen and oxygen atoms in total. The first-order valence-corrected chi connectivity index (χ1v) is 11.7. The van der Waals surface area contributed by atoms with Gasteiger partial charge in [-0.1, -0.05) is 41.6 Å². The van der Waals surface area contributed by atoms with Crippen LogP contribution in [0.1, 0.15) is 22.6 Å². The maximum atomic E-state index is 12.5. The van der Waals surface area contributed by atoms with Crippen LogP contribution >= 0.6 is 23.4 Å². The Hall–Kier alpha value is -3.63. The second-order valence-corrected chi connectivity index (χ2v) is 9.04. The molecule has 0 aliphatic heterocycles. The van der Waals surface area contributed by atoms with Crippen molar-refractivity contribution in [2.24, 2.45) is 0 Å². The highest BCUT2D eigenvalue weighted by Crippen LogP contribution is 2.26. The third-order valence-electron chi connectivity index (χ3n) is 4.91. The largest absolute Gasteiger partial charge is 0.325 e. The Balaban J connectivity index is 1.64. The molecule has 0 unspecified atom stereocenters. The van der Waals surface area contributed by atoms with E-state index in [1.807, 2.05) is 36.6 Å². The predicted molar refractivity (Wildman–Crippen MR) is 132 cm³/mol. The van der Waals surface area contributed by atoms with Crippen molar-refractivity contribution in [2.45, 2.75) is 25.4 Å². The number of carbonyl (C=O) groups is 1. The molecule has 0 bridgehead atoms. The minimum absolute atomic E-state index is 0.0946. The molecular formula is C23H21ClN6O3S. The topological polar surface area (TPSA) is 126 Å². The molecule has 0 saturated heterocycles. The average molecular weight is 497 g/mol. The van der Waals surface area contributed by atoms with E-state index in [2.05, 4.69) is 25.5 Å². The second kappa shape index (κ2) is 10.1. The molecular weight excluding hydrogens is 476 g/mol. The summed E-state index contributed by atoms with van der Waals surface area (Å²) in [4.78, 5) is 40.7. The van der Waals surface area contributed by atoms with E-state index in [0.717, 1.165) is 16.8 Å². The van der Waals surface area contributed by atoms with Gasteiger partial charge < -0.3 is 10.3 Å². The third kappa shape index (κ3) is 5.64. The number of halogens is 1. The Morgan fingerprint density at radius 3 is 2.68 bits per heavy atom. The molecule has 0 spiro atoms. The second-order valence-electron chi connectivity index (χ2n) is 7.66. The number of aryl methyl sites for hydroxylation is 2. The Morgan fingerprint density at radius 1 is 1.09 bits per heavy atom. The lowest BCUT2D eigenvalue weighted by molar-refractivity contribution is -0.113. The number of nitrogens with zero attached hydrogens (tertiary/aromatic N) is 3. The lowest BCUT2D eigenvalue weighted by Gasteiger charge is -2.14. The summed E-state index contributed by atoms with van der Waals surface area (Å²) in [6.45, 7) is 3.94. The number of anilines is 1. The van der Waals surface area contributed by atoms with Gasteiger partial charge in [-0.2, -0.15) is 0 Å². The number of carbonyl (C=O) groups excluding carboxylic acids is 1. The summed E-state index contributed by atoms with van der Waals surface area (Å²) >= 11 is 7.21. The number of rotatable bonds is 7. The zero-order valence-electron chi connectivity index (χ0n) is 18.4. The molecule has 0 aliphatic rings. The Bertz CT molecular complexity index is 1450. The summed E-state index contributed by atoms with van der Waals surface area (Å²) in [5, 5.41) is 12.4. The number of thioether (sulfide) groups is 1. The quantitative estimate of drug-likeness (QED) is 0.337. The fraction of sp³-hybridized carbons (Fsp3) is 0.174. The van der Waals surface area contributed by atoms with E-state index in [1.165, 1.54) is 17.8 Å². The molecule has 2 heterocycles. The van der Waals surface area contributed by atoms with Crippen molar-refractivity contribution in [3.05, 3.63) is 97.0 Å². The van der Waals surface area contributed by atoms with Crippen molar-refractivity contribution in [2.75, 3.05) is 11.1 Å². The van der Waals surface area contributed by atoms with Gasteiger partial charge in [0.2, 0.25) is 5.91 Å². The van der Waals surface area contributed by atoms with Gasteiger partial charge in [0.05, 0.1) is 11.4 Å². The van der Waals surface area contributed by atoms with Gasteiger partial charge in [-0.3, -0.25) is 19.1 Å². The first kappa shape index (κ1) is 23.5. The molecule has 34 heavy (non-hydrogen) atoms. The van der Waals surface area contributed by atoms with E-state index in [1.54, 1.807) is 24.3 Å². The van der Waals surface area contributed by atoms with Crippen molar-refractivity contribution in [1.82, 2.24) is 24.7 Å². The van der Waals surface area contributed by atoms with Crippen LogP contribution in [0.5, 0.6) is 0 Å². The van der Waals surface area contributed by atoms with Gasteiger partial charge in [0.15, 0.2) is 5.16 Å². The van der Waals surface area contributed by atoms with Crippen molar-refractivity contribution in [3.63, 3.8) is 0 Å². The normalized spacial score (nSPS) is 10.9.